The molecule has 104 valence electrons. The Kier molecular flexibility index (Phi) is 3.81. The van der Waals surface area contributed by atoms with Crippen molar-refractivity contribution in [1.29, 1.82) is 0 Å². The fourth-order valence-electron chi connectivity index (χ4n) is 1.88. The fraction of sp³-hybridized carbons (Fsp3) is 0.143. The number of ketones is 1. The molecule has 0 spiro atoms. The smallest absolute Gasteiger partial charge is 0.282 e. The molecule has 2 rings (SSSR count). The maximum absolute atomic E-state index is 12.3. The molecule has 6 heteroatoms. The van der Waals surface area contributed by atoms with Gasteiger partial charge in [-0.3, -0.25) is 14.7 Å². The number of aromatic amines is 1. The molecule has 0 fully saturated rings. The van der Waals surface area contributed by atoms with Crippen LogP contribution in [0.5, 0.6) is 0 Å². The quantitative estimate of drug-likeness (QED) is 0.674. The molecule has 1 aromatic carbocycles. The lowest BCUT2D eigenvalue weighted by molar-refractivity contribution is -0.112. The van der Waals surface area contributed by atoms with Gasteiger partial charge in [-0.05, 0) is 38.1 Å². The molecule has 0 aliphatic carbocycles. The van der Waals surface area contributed by atoms with E-state index in [4.69, 9.17) is 11.6 Å². The minimum atomic E-state index is -0.431. The van der Waals surface area contributed by atoms with Gasteiger partial charge in [-0.1, -0.05) is 11.6 Å². The Morgan fingerprint density at radius 3 is 2.50 bits per heavy atom. The topological polar surface area (TPSA) is 75.1 Å². The minimum absolute atomic E-state index is 0.0788. The van der Waals surface area contributed by atoms with Crippen molar-refractivity contribution in [2.75, 3.05) is 0 Å². The zero-order chi connectivity index (χ0) is 14.9. The molecule has 0 aliphatic heterocycles. The molecule has 0 bridgehead atoms. The van der Waals surface area contributed by atoms with Gasteiger partial charge in [0.2, 0.25) is 0 Å². The Hall–Kier alpha value is -2.27. The van der Waals surface area contributed by atoms with Crippen LogP contribution in [0.1, 0.15) is 18.2 Å². The molecule has 0 aliphatic rings. The van der Waals surface area contributed by atoms with Gasteiger partial charge in [0.25, 0.3) is 5.56 Å². The Labute approximate surface area is 120 Å². The summed E-state index contributed by atoms with van der Waals surface area (Å²) in [7, 11) is 0. The molecule has 0 atom stereocenters. The highest BCUT2D eigenvalue weighted by Gasteiger charge is 2.16. The number of aromatic nitrogens is 2. The number of aliphatic hydroxyl groups excluding tert-OH is 1. The number of aliphatic hydroxyl groups is 1. The Bertz CT molecular complexity index is 739. The van der Waals surface area contributed by atoms with Gasteiger partial charge >= 0.3 is 0 Å². The first-order valence-electron chi connectivity index (χ1n) is 5.89. The first-order chi connectivity index (χ1) is 9.40. The number of carbonyl (C=O) groups is 1. The standard InChI is InChI=1S/C14H13ClN2O3/c1-8(18)7-12(19)13-9(2)16-17(14(13)20)11-5-3-10(15)4-6-11/h3-7,16,19H,1-2H3/b12-7-. The van der Waals surface area contributed by atoms with Crippen molar-refractivity contribution in [2.45, 2.75) is 13.8 Å². The molecule has 0 radical (unpaired) electrons. The second-order valence-electron chi connectivity index (χ2n) is 4.37. The zero-order valence-corrected chi connectivity index (χ0v) is 11.7. The highest BCUT2D eigenvalue weighted by atomic mass is 35.5. The Balaban J connectivity index is 2.57. The molecular formula is C14H13ClN2O3. The molecule has 0 amide bonds. The third kappa shape index (κ3) is 2.67. The summed E-state index contributed by atoms with van der Waals surface area (Å²) in [5, 5.41) is 13.3. The molecule has 0 saturated heterocycles. The van der Waals surface area contributed by atoms with Crippen LogP contribution in [0.3, 0.4) is 0 Å². The summed E-state index contributed by atoms with van der Waals surface area (Å²) in [5.41, 5.74) is 0.708. The third-order valence-electron chi connectivity index (χ3n) is 2.75. The van der Waals surface area contributed by atoms with Gasteiger partial charge in [0, 0.05) is 16.8 Å². The van der Waals surface area contributed by atoms with E-state index in [1.165, 1.54) is 11.6 Å². The van der Waals surface area contributed by atoms with Crippen LogP contribution in [-0.2, 0) is 4.79 Å². The minimum Gasteiger partial charge on any atom is -0.507 e. The lowest BCUT2D eigenvalue weighted by atomic mass is 10.2. The van der Waals surface area contributed by atoms with E-state index in [9.17, 15) is 14.7 Å². The molecule has 0 saturated carbocycles. The van der Waals surface area contributed by atoms with Crippen molar-refractivity contribution in [3.8, 4) is 5.69 Å². The van der Waals surface area contributed by atoms with E-state index in [1.54, 1.807) is 31.2 Å². The Morgan fingerprint density at radius 1 is 1.35 bits per heavy atom. The largest absolute Gasteiger partial charge is 0.507 e. The van der Waals surface area contributed by atoms with Crippen molar-refractivity contribution in [3.05, 3.63) is 57.0 Å². The number of aryl methyl sites for hydroxylation is 1. The summed E-state index contributed by atoms with van der Waals surface area (Å²) < 4.78 is 1.28. The van der Waals surface area contributed by atoms with Crippen molar-refractivity contribution >= 4 is 23.1 Å². The van der Waals surface area contributed by atoms with Gasteiger partial charge in [0.15, 0.2) is 5.78 Å². The predicted octanol–water partition coefficient (Wildman–Crippen LogP) is 2.62. The molecule has 2 N–H and O–H groups in total. The number of carbonyl (C=O) groups excluding carboxylic acids is 1. The summed E-state index contributed by atoms with van der Waals surface area (Å²) in [5.74, 6) is -0.676. The maximum atomic E-state index is 12.3. The van der Waals surface area contributed by atoms with E-state index in [-0.39, 0.29) is 17.1 Å². The molecule has 1 aromatic heterocycles. The predicted molar refractivity (Wildman–Crippen MR) is 77.4 cm³/mol. The first-order valence-corrected chi connectivity index (χ1v) is 6.27. The molecule has 0 unspecified atom stereocenters. The van der Waals surface area contributed by atoms with Crippen LogP contribution in [0.15, 0.2) is 35.1 Å². The van der Waals surface area contributed by atoms with Crippen molar-refractivity contribution in [3.63, 3.8) is 0 Å². The van der Waals surface area contributed by atoms with Gasteiger partial charge in [0.05, 0.1) is 5.69 Å². The SMILES string of the molecule is CC(=O)/C=C(\O)c1c(C)[nH]n(-c2ccc(Cl)cc2)c1=O. The van der Waals surface area contributed by atoms with Crippen LogP contribution in [0, 0.1) is 6.92 Å². The van der Waals surface area contributed by atoms with Gasteiger partial charge in [-0.25, -0.2) is 4.68 Å². The fourth-order valence-corrected chi connectivity index (χ4v) is 2.01. The van der Waals surface area contributed by atoms with Gasteiger partial charge < -0.3 is 5.11 Å². The number of allylic oxidation sites excluding steroid dienone is 1. The van der Waals surface area contributed by atoms with Crippen LogP contribution in [0.25, 0.3) is 11.4 Å². The van der Waals surface area contributed by atoms with Gasteiger partial charge in [-0.15, -0.1) is 0 Å². The molecule has 2 aromatic rings. The maximum Gasteiger partial charge on any atom is 0.282 e. The number of nitrogens with one attached hydrogen (secondary N) is 1. The number of halogens is 1. The lowest BCUT2D eigenvalue weighted by Crippen LogP contribution is -2.17. The molecule has 5 nitrogen and oxygen atoms in total. The van der Waals surface area contributed by atoms with Crippen LogP contribution in [-0.4, -0.2) is 20.7 Å². The number of rotatable bonds is 3. The second kappa shape index (κ2) is 5.38. The monoisotopic (exact) mass is 292 g/mol. The van der Waals surface area contributed by atoms with E-state index < -0.39 is 5.56 Å². The van der Waals surface area contributed by atoms with Crippen molar-refractivity contribution in [1.82, 2.24) is 9.78 Å². The van der Waals surface area contributed by atoms with E-state index in [0.717, 1.165) is 6.08 Å². The van der Waals surface area contributed by atoms with Crippen molar-refractivity contribution < 1.29 is 9.90 Å². The summed E-state index contributed by atoms with van der Waals surface area (Å²) >= 11 is 5.80. The molecular weight excluding hydrogens is 280 g/mol. The van der Waals surface area contributed by atoms with E-state index in [0.29, 0.717) is 16.4 Å². The lowest BCUT2D eigenvalue weighted by Gasteiger charge is -2.00. The van der Waals surface area contributed by atoms with Crippen LogP contribution in [0.4, 0.5) is 0 Å². The summed E-state index contributed by atoms with van der Waals surface area (Å²) in [4.78, 5) is 23.3. The third-order valence-corrected chi connectivity index (χ3v) is 3.00. The number of benzene rings is 1. The summed E-state index contributed by atoms with van der Waals surface area (Å²) in [6.45, 7) is 2.95. The van der Waals surface area contributed by atoms with E-state index in [2.05, 4.69) is 5.10 Å². The van der Waals surface area contributed by atoms with Crippen LogP contribution < -0.4 is 5.56 Å². The Morgan fingerprint density at radius 2 is 1.95 bits per heavy atom. The number of hydrogen-bond donors (Lipinski definition) is 2. The highest BCUT2D eigenvalue weighted by molar-refractivity contribution is 6.30. The summed E-state index contributed by atoms with van der Waals surface area (Å²) in [6.07, 6.45) is 1.02. The second-order valence-corrected chi connectivity index (χ2v) is 4.81. The highest BCUT2D eigenvalue weighted by Crippen LogP contribution is 2.15. The number of H-pyrrole nitrogens is 1. The van der Waals surface area contributed by atoms with E-state index in [1.807, 2.05) is 0 Å². The summed E-state index contributed by atoms with van der Waals surface area (Å²) in [6, 6.07) is 6.67. The molecule has 20 heavy (non-hydrogen) atoms. The van der Waals surface area contributed by atoms with Gasteiger partial charge in [0.1, 0.15) is 11.3 Å². The van der Waals surface area contributed by atoms with Crippen LogP contribution >= 0.6 is 11.6 Å². The normalized spacial score (nSPS) is 11.7. The zero-order valence-electron chi connectivity index (χ0n) is 11.0. The van der Waals surface area contributed by atoms with Crippen molar-refractivity contribution in [2.24, 2.45) is 0 Å². The van der Waals surface area contributed by atoms with Crippen LogP contribution in [0.2, 0.25) is 5.02 Å². The average Bonchev–Trinajstić information content (AvgIpc) is 2.65. The van der Waals surface area contributed by atoms with Gasteiger partial charge in [-0.2, -0.15) is 0 Å². The first kappa shape index (κ1) is 14.1. The molecule has 1 heterocycles. The van der Waals surface area contributed by atoms with E-state index >= 15 is 0 Å². The average molecular weight is 293 g/mol. The number of nitrogens with zero attached hydrogens (tertiary/aromatic N) is 1. The number of hydrogen-bond acceptors (Lipinski definition) is 3.